The summed E-state index contributed by atoms with van der Waals surface area (Å²) in [6, 6.07) is 7.25. The monoisotopic (exact) mass is 455 g/mol. The summed E-state index contributed by atoms with van der Waals surface area (Å²) in [6.45, 7) is 2.87. The minimum Gasteiger partial charge on any atom is -0.349 e. The van der Waals surface area contributed by atoms with Gasteiger partial charge < -0.3 is 14.7 Å². The van der Waals surface area contributed by atoms with Gasteiger partial charge in [-0.1, -0.05) is 13.0 Å². The molecule has 2 aliphatic heterocycles. The average Bonchev–Trinajstić information content (AvgIpc) is 2.79. The molecule has 3 heterocycles. The molecule has 1 saturated carbocycles. The van der Waals surface area contributed by atoms with Gasteiger partial charge in [-0.05, 0) is 61.4 Å². The highest BCUT2D eigenvalue weighted by atomic mass is 19.2. The van der Waals surface area contributed by atoms with Crippen LogP contribution in [0.25, 0.3) is 0 Å². The van der Waals surface area contributed by atoms with Crippen LogP contribution < -0.4 is 4.90 Å². The van der Waals surface area contributed by atoms with Gasteiger partial charge in [0.2, 0.25) is 5.91 Å². The number of aromatic nitrogens is 2. The van der Waals surface area contributed by atoms with Crippen LogP contribution in [0.2, 0.25) is 0 Å². The Balaban J connectivity index is 1.44. The number of carbonyl (C=O) groups is 2. The Hall–Kier alpha value is -3.10. The van der Waals surface area contributed by atoms with Crippen LogP contribution in [0.1, 0.15) is 38.2 Å². The number of piperazine rings is 1. The van der Waals surface area contributed by atoms with Crippen molar-refractivity contribution in [1.29, 1.82) is 0 Å². The van der Waals surface area contributed by atoms with E-state index in [2.05, 4.69) is 17.1 Å². The number of benzene rings is 1. The van der Waals surface area contributed by atoms with E-state index in [9.17, 15) is 18.4 Å². The molecule has 0 N–H and O–H groups in total. The molecule has 3 aliphatic rings. The Morgan fingerprint density at radius 3 is 2.48 bits per heavy atom. The fourth-order valence-corrected chi connectivity index (χ4v) is 5.35. The summed E-state index contributed by atoms with van der Waals surface area (Å²) in [5.41, 5.74) is -0.604. The molecule has 0 bridgehead atoms. The molecule has 5 rings (SSSR count). The predicted molar refractivity (Wildman–Crippen MR) is 117 cm³/mol. The molecule has 0 atom stereocenters. The molecule has 33 heavy (non-hydrogen) atoms. The second-order valence-electron chi connectivity index (χ2n) is 9.54. The maximum Gasteiger partial charge on any atom is 0.252 e. The summed E-state index contributed by atoms with van der Waals surface area (Å²) >= 11 is 0. The van der Waals surface area contributed by atoms with Crippen molar-refractivity contribution in [1.82, 2.24) is 20.0 Å². The lowest BCUT2D eigenvalue weighted by molar-refractivity contribution is -0.171. The summed E-state index contributed by atoms with van der Waals surface area (Å²) in [5, 5.41) is 8.04. The van der Waals surface area contributed by atoms with Crippen molar-refractivity contribution in [3.63, 3.8) is 0 Å². The lowest BCUT2D eigenvalue weighted by atomic mass is 9.80. The number of amides is 2. The van der Waals surface area contributed by atoms with Crippen molar-refractivity contribution in [2.75, 3.05) is 24.5 Å². The molecular weight excluding hydrogens is 428 g/mol. The van der Waals surface area contributed by atoms with E-state index in [1.807, 2.05) is 11.0 Å². The van der Waals surface area contributed by atoms with Crippen LogP contribution in [0.5, 0.6) is 0 Å². The van der Waals surface area contributed by atoms with Gasteiger partial charge in [-0.2, -0.15) is 5.10 Å². The number of nitrogens with zero attached hydrogens (tertiary/aromatic N) is 5. The van der Waals surface area contributed by atoms with Crippen LogP contribution in [0.15, 0.2) is 36.5 Å². The van der Waals surface area contributed by atoms with E-state index >= 15 is 0 Å². The summed E-state index contributed by atoms with van der Waals surface area (Å²) in [6.07, 6.45) is 5.45. The van der Waals surface area contributed by atoms with Gasteiger partial charge in [-0.3, -0.25) is 9.59 Å². The first-order chi connectivity index (χ1) is 15.9. The normalized spacial score (nSPS) is 24.9. The van der Waals surface area contributed by atoms with Gasteiger partial charge in [0.1, 0.15) is 6.54 Å². The number of hydrogen-bond donors (Lipinski definition) is 0. The van der Waals surface area contributed by atoms with Crippen molar-refractivity contribution in [3.8, 4) is 0 Å². The van der Waals surface area contributed by atoms with Crippen molar-refractivity contribution >= 4 is 17.6 Å². The average molecular weight is 456 g/mol. The van der Waals surface area contributed by atoms with Crippen LogP contribution in [0, 0.1) is 17.6 Å². The van der Waals surface area contributed by atoms with E-state index in [-0.39, 0.29) is 30.9 Å². The van der Waals surface area contributed by atoms with Crippen LogP contribution in [-0.4, -0.2) is 63.0 Å². The first kappa shape index (κ1) is 21.7. The van der Waals surface area contributed by atoms with E-state index in [1.54, 1.807) is 22.1 Å². The highest BCUT2D eigenvalue weighted by molar-refractivity contribution is 6.00. The first-order valence-corrected chi connectivity index (χ1v) is 11.5. The zero-order chi connectivity index (χ0) is 23.2. The Kier molecular flexibility index (Phi) is 5.50. The fourth-order valence-electron chi connectivity index (χ4n) is 5.35. The molecule has 1 aromatic heterocycles. The molecule has 9 heteroatoms. The van der Waals surface area contributed by atoms with Gasteiger partial charge in [0, 0.05) is 18.8 Å². The van der Waals surface area contributed by atoms with Gasteiger partial charge in [0.25, 0.3) is 5.91 Å². The fraction of sp³-hybridized carbons (Fsp3) is 0.500. The van der Waals surface area contributed by atoms with Gasteiger partial charge >= 0.3 is 0 Å². The highest BCUT2D eigenvalue weighted by Gasteiger charge is 2.60. The van der Waals surface area contributed by atoms with E-state index < -0.39 is 17.2 Å². The maximum absolute atomic E-state index is 13.9. The molecule has 1 aromatic carbocycles. The van der Waals surface area contributed by atoms with Crippen LogP contribution in [0.3, 0.4) is 0 Å². The molecule has 1 aliphatic carbocycles. The zero-order valence-electron chi connectivity index (χ0n) is 18.6. The van der Waals surface area contributed by atoms with E-state index in [0.717, 1.165) is 37.8 Å². The number of hydrogen-bond acceptors (Lipinski definition) is 5. The second kappa shape index (κ2) is 8.35. The summed E-state index contributed by atoms with van der Waals surface area (Å²) in [5.74, 6) is -0.873. The van der Waals surface area contributed by atoms with Crippen molar-refractivity contribution in [2.24, 2.45) is 5.92 Å². The van der Waals surface area contributed by atoms with Crippen LogP contribution >= 0.6 is 0 Å². The van der Waals surface area contributed by atoms with E-state index in [0.29, 0.717) is 30.4 Å². The second-order valence-corrected chi connectivity index (χ2v) is 9.54. The van der Waals surface area contributed by atoms with Gasteiger partial charge in [0.15, 0.2) is 23.0 Å². The summed E-state index contributed by atoms with van der Waals surface area (Å²) in [7, 11) is 0. The zero-order valence-corrected chi connectivity index (χ0v) is 18.6. The molecule has 0 unspecified atom stereocenters. The SMILES string of the molecule is CC1CCC(N2CC(=O)N(Cc3ccc(F)c(F)c3)C3(CN(c4cccnn4)C3)C2=O)CC1. The third kappa shape index (κ3) is 3.83. The molecule has 2 amide bonds. The lowest BCUT2D eigenvalue weighted by Crippen LogP contribution is -2.81. The standard InChI is InChI=1S/C24H27F2N5O2/c1-16-4-7-18(8-5-16)30-13-22(32)31(12-17-6-9-19(25)20(26)11-17)24(23(30)33)14-29(15-24)21-3-2-10-27-28-21/h2-3,6,9-11,16,18H,4-5,7-8,12-15H2,1H3. The summed E-state index contributed by atoms with van der Waals surface area (Å²) < 4.78 is 27.3. The largest absolute Gasteiger partial charge is 0.349 e. The third-order valence-corrected chi connectivity index (χ3v) is 7.32. The van der Waals surface area contributed by atoms with Gasteiger partial charge in [0.05, 0.1) is 13.1 Å². The highest BCUT2D eigenvalue weighted by Crippen LogP contribution is 2.39. The van der Waals surface area contributed by atoms with Gasteiger partial charge in [-0.15, -0.1) is 5.10 Å². The molecule has 1 spiro atoms. The maximum atomic E-state index is 13.9. The third-order valence-electron chi connectivity index (χ3n) is 7.32. The summed E-state index contributed by atoms with van der Waals surface area (Å²) in [4.78, 5) is 32.5. The Morgan fingerprint density at radius 1 is 1.06 bits per heavy atom. The van der Waals surface area contributed by atoms with E-state index in [4.69, 9.17) is 0 Å². The van der Waals surface area contributed by atoms with Crippen molar-refractivity contribution < 1.29 is 18.4 Å². The Labute approximate surface area is 191 Å². The smallest absolute Gasteiger partial charge is 0.252 e. The Bertz CT molecular complexity index is 1050. The minimum atomic E-state index is -1.05. The predicted octanol–water partition coefficient (Wildman–Crippen LogP) is 2.76. The molecule has 2 saturated heterocycles. The lowest BCUT2D eigenvalue weighted by Gasteiger charge is -2.59. The number of anilines is 1. The molecule has 3 fully saturated rings. The van der Waals surface area contributed by atoms with Crippen molar-refractivity contribution in [2.45, 2.75) is 50.7 Å². The minimum absolute atomic E-state index is 0.0223. The van der Waals surface area contributed by atoms with Crippen molar-refractivity contribution in [3.05, 3.63) is 53.7 Å². The quantitative estimate of drug-likeness (QED) is 0.709. The van der Waals surface area contributed by atoms with E-state index in [1.165, 1.54) is 6.07 Å². The molecule has 2 aromatic rings. The van der Waals surface area contributed by atoms with Gasteiger partial charge in [-0.25, -0.2) is 8.78 Å². The molecule has 0 radical (unpaired) electrons. The Morgan fingerprint density at radius 2 is 1.82 bits per heavy atom. The molecule has 174 valence electrons. The van der Waals surface area contributed by atoms with Crippen LogP contribution in [0.4, 0.5) is 14.6 Å². The molecular formula is C24H27F2N5O2. The van der Waals surface area contributed by atoms with Crippen LogP contribution in [-0.2, 0) is 16.1 Å². The number of rotatable bonds is 4. The number of carbonyl (C=O) groups excluding carboxylic acids is 2. The molecule has 7 nitrogen and oxygen atoms in total. The topological polar surface area (TPSA) is 69.6 Å². The first-order valence-electron chi connectivity index (χ1n) is 11.5. The number of halogens is 2.